The summed E-state index contributed by atoms with van der Waals surface area (Å²) in [5.74, 6) is 0.440. The van der Waals surface area contributed by atoms with Gasteiger partial charge in [-0.25, -0.2) is 0 Å². The fourth-order valence-electron chi connectivity index (χ4n) is 1.35. The lowest BCUT2D eigenvalue weighted by Gasteiger charge is -2.35. The number of hydrogen-bond acceptors (Lipinski definition) is 4. The molecule has 0 fully saturated rings. The quantitative estimate of drug-likeness (QED) is 0.831. The Kier molecular flexibility index (Phi) is 4.58. The molecule has 4 nitrogen and oxygen atoms in total. The number of carbonyl (C=O) groups excluding carboxylic acids is 1. The summed E-state index contributed by atoms with van der Waals surface area (Å²) in [6.07, 6.45) is 0. The maximum absolute atomic E-state index is 12.1. The Balaban J connectivity index is 2.69. The fraction of sp³-hybridized carbons (Fsp3) is 0.533. The molecule has 0 amide bonds. The van der Waals surface area contributed by atoms with Crippen LogP contribution < -0.4 is 10.5 Å². The van der Waals surface area contributed by atoms with Crippen molar-refractivity contribution in [2.24, 2.45) is 11.1 Å². The lowest BCUT2D eigenvalue weighted by molar-refractivity contribution is -0.158. The lowest BCUT2D eigenvalue weighted by atomic mass is 9.75. The monoisotopic (exact) mass is 265 g/mol. The number of rotatable bonds is 5. The maximum atomic E-state index is 12.1. The normalized spacial score (nSPS) is 12.1. The zero-order chi connectivity index (χ0) is 14.7. The highest BCUT2D eigenvalue weighted by Crippen LogP contribution is 2.30. The van der Waals surface area contributed by atoms with Crippen LogP contribution in [0.2, 0.25) is 0 Å². The van der Waals surface area contributed by atoms with Crippen molar-refractivity contribution < 1.29 is 14.3 Å². The second-order valence-electron chi connectivity index (χ2n) is 5.77. The minimum absolute atomic E-state index is 0.218. The predicted molar refractivity (Wildman–Crippen MR) is 74.8 cm³/mol. The minimum atomic E-state index is -0.744. The van der Waals surface area contributed by atoms with Gasteiger partial charge in [0.1, 0.15) is 12.4 Å². The second-order valence-corrected chi connectivity index (χ2v) is 5.77. The number of nitrogens with two attached hydrogens (primary N) is 1. The molecule has 0 saturated carbocycles. The highest BCUT2D eigenvalue weighted by atomic mass is 16.5. The second kappa shape index (κ2) is 5.61. The van der Waals surface area contributed by atoms with Crippen molar-refractivity contribution >= 4 is 5.97 Å². The molecule has 0 aliphatic rings. The average molecular weight is 265 g/mol. The van der Waals surface area contributed by atoms with E-state index in [1.807, 2.05) is 38.1 Å². The molecule has 0 aromatic heterocycles. The van der Waals surface area contributed by atoms with Crippen LogP contribution in [0.5, 0.6) is 5.75 Å². The molecule has 0 radical (unpaired) electrons. The van der Waals surface area contributed by atoms with Crippen molar-refractivity contribution in [1.29, 1.82) is 0 Å². The Morgan fingerprint density at radius 3 is 2.42 bits per heavy atom. The molecule has 0 saturated heterocycles. The Bertz CT molecular complexity index is 447. The van der Waals surface area contributed by atoms with Gasteiger partial charge in [0.15, 0.2) is 0 Å². The van der Waals surface area contributed by atoms with E-state index in [1.165, 1.54) is 0 Å². The summed E-state index contributed by atoms with van der Waals surface area (Å²) in [7, 11) is 1.60. The van der Waals surface area contributed by atoms with Gasteiger partial charge in [0, 0.05) is 5.54 Å². The van der Waals surface area contributed by atoms with Crippen molar-refractivity contribution in [2.75, 3.05) is 7.11 Å². The molecule has 4 heteroatoms. The van der Waals surface area contributed by atoms with E-state index in [9.17, 15) is 4.79 Å². The molecule has 0 atom stereocenters. The molecule has 19 heavy (non-hydrogen) atoms. The minimum Gasteiger partial charge on any atom is -0.497 e. The van der Waals surface area contributed by atoms with Crippen molar-refractivity contribution in [2.45, 2.75) is 39.8 Å². The number of ether oxygens (including phenoxy) is 2. The Hall–Kier alpha value is -1.55. The SMILES string of the molecule is COc1cccc(COC(=O)C(C)(C)C(C)(C)N)c1. The molecule has 1 rings (SSSR count). The van der Waals surface area contributed by atoms with Gasteiger partial charge in [0.2, 0.25) is 0 Å². The fourth-order valence-corrected chi connectivity index (χ4v) is 1.35. The van der Waals surface area contributed by atoms with Gasteiger partial charge in [-0.1, -0.05) is 12.1 Å². The third-order valence-corrected chi connectivity index (χ3v) is 3.63. The maximum Gasteiger partial charge on any atom is 0.313 e. The Morgan fingerprint density at radius 2 is 1.89 bits per heavy atom. The molecule has 0 aliphatic carbocycles. The van der Waals surface area contributed by atoms with Gasteiger partial charge in [-0.2, -0.15) is 0 Å². The smallest absolute Gasteiger partial charge is 0.313 e. The molecule has 106 valence electrons. The first-order valence-electron chi connectivity index (χ1n) is 6.27. The number of hydrogen-bond donors (Lipinski definition) is 1. The zero-order valence-corrected chi connectivity index (χ0v) is 12.3. The van der Waals surface area contributed by atoms with E-state index in [-0.39, 0.29) is 12.6 Å². The Labute approximate surface area is 114 Å². The third-order valence-electron chi connectivity index (χ3n) is 3.63. The summed E-state index contributed by atoms with van der Waals surface area (Å²) in [5, 5.41) is 0. The van der Waals surface area contributed by atoms with E-state index < -0.39 is 11.0 Å². The van der Waals surface area contributed by atoms with E-state index in [2.05, 4.69) is 0 Å². The van der Waals surface area contributed by atoms with Crippen LogP contribution in [0.3, 0.4) is 0 Å². The molecule has 0 heterocycles. The van der Waals surface area contributed by atoms with Crippen LogP contribution in [0.15, 0.2) is 24.3 Å². The molecular weight excluding hydrogens is 242 g/mol. The lowest BCUT2D eigenvalue weighted by Crippen LogP contribution is -2.52. The van der Waals surface area contributed by atoms with Crippen molar-refractivity contribution in [3.63, 3.8) is 0 Å². The highest BCUT2D eigenvalue weighted by Gasteiger charge is 2.41. The van der Waals surface area contributed by atoms with E-state index in [1.54, 1.807) is 21.0 Å². The third kappa shape index (κ3) is 3.70. The summed E-state index contributed by atoms with van der Waals surface area (Å²) < 4.78 is 10.5. The number of esters is 1. The van der Waals surface area contributed by atoms with Gasteiger partial charge in [0.05, 0.1) is 12.5 Å². The first-order chi connectivity index (χ1) is 8.68. The molecule has 0 unspecified atom stereocenters. The average Bonchev–Trinajstić information content (AvgIpc) is 2.34. The van der Waals surface area contributed by atoms with Gasteiger partial charge in [-0.3, -0.25) is 4.79 Å². The van der Waals surface area contributed by atoms with Crippen LogP contribution in [0, 0.1) is 5.41 Å². The van der Waals surface area contributed by atoms with Crippen LogP contribution >= 0.6 is 0 Å². The van der Waals surface area contributed by atoms with Gasteiger partial charge >= 0.3 is 5.97 Å². The summed E-state index contributed by atoms with van der Waals surface area (Å²) in [6, 6.07) is 7.43. The van der Waals surface area contributed by atoms with Crippen molar-refractivity contribution in [3.8, 4) is 5.75 Å². The first-order valence-corrected chi connectivity index (χ1v) is 6.27. The predicted octanol–water partition coefficient (Wildman–Crippen LogP) is 2.50. The largest absolute Gasteiger partial charge is 0.497 e. The topological polar surface area (TPSA) is 61.5 Å². The molecule has 2 N–H and O–H groups in total. The van der Waals surface area contributed by atoms with Gasteiger partial charge in [-0.05, 0) is 45.4 Å². The van der Waals surface area contributed by atoms with E-state index in [0.29, 0.717) is 0 Å². The molecule has 0 bridgehead atoms. The zero-order valence-electron chi connectivity index (χ0n) is 12.3. The van der Waals surface area contributed by atoms with Gasteiger partial charge in [-0.15, -0.1) is 0 Å². The number of methoxy groups -OCH3 is 1. The molecular formula is C15H23NO3. The molecule has 1 aromatic carbocycles. The Morgan fingerprint density at radius 1 is 1.26 bits per heavy atom. The summed E-state index contributed by atoms with van der Waals surface area (Å²) in [6.45, 7) is 7.44. The standard InChI is InChI=1S/C15H23NO3/c1-14(2,15(3,4)16)13(17)19-10-11-7-6-8-12(9-11)18-5/h6-9H,10,16H2,1-5H3. The molecule has 1 aromatic rings. The summed E-state index contributed by atoms with van der Waals surface area (Å²) >= 11 is 0. The van der Waals surface area contributed by atoms with Crippen LogP contribution in [0.4, 0.5) is 0 Å². The molecule has 0 spiro atoms. The first kappa shape index (κ1) is 15.5. The number of benzene rings is 1. The molecule has 0 aliphatic heterocycles. The van der Waals surface area contributed by atoms with Crippen LogP contribution in [0.25, 0.3) is 0 Å². The van der Waals surface area contributed by atoms with Crippen LogP contribution in [0.1, 0.15) is 33.3 Å². The van der Waals surface area contributed by atoms with E-state index in [0.717, 1.165) is 11.3 Å². The highest BCUT2D eigenvalue weighted by molar-refractivity contribution is 5.77. The van der Waals surface area contributed by atoms with Gasteiger partial charge in [0.25, 0.3) is 0 Å². The van der Waals surface area contributed by atoms with E-state index in [4.69, 9.17) is 15.2 Å². The van der Waals surface area contributed by atoms with Crippen LogP contribution in [-0.4, -0.2) is 18.6 Å². The summed E-state index contributed by atoms with van der Waals surface area (Å²) in [5.41, 5.74) is 5.51. The number of carbonyl (C=O) groups is 1. The van der Waals surface area contributed by atoms with Crippen molar-refractivity contribution in [1.82, 2.24) is 0 Å². The summed E-state index contributed by atoms with van der Waals surface area (Å²) in [4.78, 5) is 12.1. The van der Waals surface area contributed by atoms with Crippen LogP contribution in [-0.2, 0) is 16.1 Å². The van der Waals surface area contributed by atoms with Crippen molar-refractivity contribution in [3.05, 3.63) is 29.8 Å². The van der Waals surface area contributed by atoms with Gasteiger partial charge < -0.3 is 15.2 Å². The van der Waals surface area contributed by atoms with E-state index >= 15 is 0 Å².